The second kappa shape index (κ2) is 6.97. The van der Waals surface area contributed by atoms with Crippen molar-refractivity contribution < 1.29 is 13.6 Å². The summed E-state index contributed by atoms with van der Waals surface area (Å²) in [6, 6.07) is 8.02. The topological polar surface area (TPSA) is 68.3 Å². The summed E-state index contributed by atoms with van der Waals surface area (Å²) in [5.41, 5.74) is 4.46. The van der Waals surface area contributed by atoms with E-state index in [0.29, 0.717) is 30.2 Å². The van der Waals surface area contributed by atoms with Crippen molar-refractivity contribution in [2.45, 2.75) is 34.1 Å². The average Bonchev–Trinajstić information content (AvgIpc) is 3.13. The number of hydrogen-bond donors (Lipinski definition) is 1. The summed E-state index contributed by atoms with van der Waals surface area (Å²) in [5, 5.41) is 2.92. The molecule has 130 valence electrons. The maximum Gasteiger partial charge on any atom is 0.255 e. The van der Waals surface area contributed by atoms with Crippen molar-refractivity contribution in [3.63, 3.8) is 0 Å². The number of furan rings is 1. The Kier molecular flexibility index (Phi) is 4.74. The van der Waals surface area contributed by atoms with E-state index in [2.05, 4.69) is 10.3 Å². The minimum Gasteiger partial charge on any atom is -0.466 e. The van der Waals surface area contributed by atoms with Crippen LogP contribution in [0.1, 0.15) is 38.7 Å². The highest BCUT2D eigenvalue weighted by Gasteiger charge is 2.18. The number of amides is 1. The summed E-state index contributed by atoms with van der Waals surface area (Å²) >= 11 is 0. The number of carbonyl (C=O) groups is 1. The van der Waals surface area contributed by atoms with Crippen LogP contribution in [0.15, 0.2) is 39.4 Å². The highest BCUT2D eigenvalue weighted by Crippen LogP contribution is 2.21. The molecular weight excluding hydrogens is 316 g/mol. The Morgan fingerprint density at radius 2 is 1.80 bits per heavy atom. The third kappa shape index (κ3) is 3.65. The smallest absolute Gasteiger partial charge is 0.255 e. The monoisotopic (exact) mass is 338 g/mol. The van der Waals surface area contributed by atoms with Crippen LogP contribution in [0.3, 0.4) is 0 Å². The molecule has 1 aromatic carbocycles. The van der Waals surface area contributed by atoms with Gasteiger partial charge in [0.25, 0.3) is 5.91 Å². The lowest BCUT2D eigenvalue weighted by molar-refractivity contribution is 0.0952. The first kappa shape index (κ1) is 17.0. The third-order valence-electron chi connectivity index (χ3n) is 4.31. The largest absolute Gasteiger partial charge is 0.466 e. The summed E-state index contributed by atoms with van der Waals surface area (Å²) in [5.74, 6) is 1.91. The van der Waals surface area contributed by atoms with Gasteiger partial charge in [0.15, 0.2) is 0 Å². The van der Waals surface area contributed by atoms with Gasteiger partial charge in [0.05, 0.1) is 11.3 Å². The van der Waals surface area contributed by atoms with E-state index in [1.54, 1.807) is 13.2 Å². The van der Waals surface area contributed by atoms with E-state index >= 15 is 0 Å². The number of nitrogens with zero attached hydrogens (tertiary/aromatic N) is 1. The Morgan fingerprint density at radius 1 is 1.08 bits per heavy atom. The van der Waals surface area contributed by atoms with E-state index in [0.717, 1.165) is 22.6 Å². The molecule has 1 amide bonds. The maximum atomic E-state index is 12.3. The molecule has 3 rings (SSSR count). The average molecular weight is 338 g/mol. The van der Waals surface area contributed by atoms with E-state index in [-0.39, 0.29) is 5.91 Å². The molecular formula is C20H22N2O3. The van der Waals surface area contributed by atoms with Crippen LogP contribution in [-0.4, -0.2) is 17.4 Å². The Bertz CT molecular complexity index is 888. The molecule has 0 fully saturated rings. The van der Waals surface area contributed by atoms with Crippen molar-refractivity contribution in [3.05, 3.63) is 64.4 Å². The molecule has 0 radical (unpaired) electrons. The fraction of sp³-hybridized carbons (Fsp3) is 0.300. The van der Waals surface area contributed by atoms with Crippen LogP contribution in [0.2, 0.25) is 0 Å². The van der Waals surface area contributed by atoms with E-state index in [4.69, 9.17) is 8.83 Å². The number of aryl methyl sites for hydroxylation is 3. The summed E-state index contributed by atoms with van der Waals surface area (Å²) in [4.78, 5) is 16.8. The van der Waals surface area contributed by atoms with Gasteiger partial charge in [0, 0.05) is 24.1 Å². The highest BCUT2D eigenvalue weighted by atomic mass is 16.3. The zero-order chi connectivity index (χ0) is 18.0. The van der Waals surface area contributed by atoms with Crippen molar-refractivity contribution >= 4 is 5.91 Å². The number of oxazole rings is 1. The van der Waals surface area contributed by atoms with Gasteiger partial charge in [-0.15, -0.1) is 0 Å². The van der Waals surface area contributed by atoms with Crippen LogP contribution in [-0.2, 0) is 6.42 Å². The van der Waals surface area contributed by atoms with Crippen molar-refractivity contribution in [1.82, 2.24) is 10.3 Å². The van der Waals surface area contributed by atoms with Crippen molar-refractivity contribution in [1.29, 1.82) is 0 Å². The molecule has 0 atom stereocenters. The molecule has 0 saturated carbocycles. The normalized spacial score (nSPS) is 10.9. The zero-order valence-electron chi connectivity index (χ0n) is 15.0. The second-order valence-electron chi connectivity index (χ2n) is 6.23. The third-order valence-corrected chi connectivity index (χ3v) is 4.31. The Morgan fingerprint density at radius 3 is 2.44 bits per heavy atom. The Labute approximate surface area is 147 Å². The van der Waals surface area contributed by atoms with Crippen LogP contribution in [0.5, 0.6) is 0 Å². The first-order valence-corrected chi connectivity index (χ1v) is 8.32. The van der Waals surface area contributed by atoms with E-state index in [9.17, 15) is 4.79 Å². The van der Waals surface area contributed by atoms with Crippen molar-refractivity contribution in [2.24, 2.45) is 0 Å². The number of benzene rings is 1. The molecule has 25 heavy (non-hydrogen) atoms. The predicted octanol–water partition coefficient (Wildman–Crippen LogP) is 4.14. The summed E-state index contributed by atoms with van der Waals surface area (Å²) in [6.07, 6.45) is 2.25. The molecule has 0 spiro atoms. The molecule has 5 nitrogen and oxygen atoms in total. The van der Waals surface area contributed by atoms with Gasteiger partial charge < -0.3 is 14.2 Å². The first-order valence-electron chi connectivity index (χ1n) is 8.32. The molecule has 0 unspecified atom stereocenters. The lowest BCUT2D eigenvalue weighted by Crippen LogP contribution is -2.26. The van der Waals surface area contributed by atoms with Gasteiger partial charge in [-0.2, -0.15) is 0 Å². The number of nitrogens with one attached hydrogen (secondary N) is 1. The van der Waals surface area contributed by atoms with Gasteiger partial charge in [-0.1, -0.05) is 17.7 Å². The Balaban J connectivity index is 1.59. The van der Waals surface area contributed by atoms with E-state index in [1.807, 2.05) is 45.0 Å². The minimum absolute atomic E-state index is 0.117. The number of hydrogen-bond acceptors (Lipinski definition) is 4. The molecule has 0 aliphatic rings. The van der Waals surface area contributed by atoms with Gasteiger partial charge in [-0.05, 0) is 39.8 Å². The van der Waals surface area contributed by atoms with Crippen LogP contribution >= 0.6 is 0 Å². The Hall–Kier alpha value is -2.82. The fourth-order valence-electron chi connectivity index (χ4n) is 2.77. The van der Waals surface area contributed by atoms with Gasteiger partial charge in [0.2, 0.25) is 5.89 Å². The van der Waals surface area contributed by atoms with Crippen LogP contribution in [0.4, 0.5) is 0 Å². The molecule has 0 saturated heterocycles. The first-order chi connectivity index (χ1) is 12.0. The van der Waals surface area contributed by atoms with E-state index in [1.165, 1.54) is 5.56 Å². The predicted molar refractivity (Wildman–Crippen MR) is 95.6 cm³/mol. The zero-order valence-corrected chi connectivity index (χ0v) is 15.0. The van der Waals surface area contributed by atoms with Gasteiger partial charge in [0.1, 0.15) is 17.8 Å². The summed E-state index contributed by atoms with van der Waals surface area (Å²) in [7, 11) is 0. The summed E-state index contributed by atoms with van der Waals surface area (Å²) < 4.78 is 11.0. The minimum atomic E-state index is -0.117. The molecule has 0 aliphatic carbocycles. The second-order valence-corrected chi connectivity index (χ2v) is 6.23. The summed E-state index contributed by atoms with van der Waals surface area (Å²) in [6.45, 7) is 8.09. The molecule has 0 bridgehead atoms. The van der Waals surface area contributed by atoms with Crippen LogP contribution in [0, 0.1) is 27.7 Å². The van der Waals surface area contributed by atoms with Crippen molar-refractivity contribution in [3.8, 4) is 11.5 Å². The van der Waals surface area contributed by atoms with E-state index < -0.39 is 0 Å². The number of carbonyl (C=O) groups excluding carboxylic acids is 1. The van der Waals surface area contributed by atoms with Gasteiger partial charge in [-0.25, -0.2) is 4.98 Å². The molecule has 2 aromatic heterocycles. The molecule has 1 N–H and O–H groups in total. The quantitative estimate of drug-likeness (QED) is 0.759. The number of rotatable bonds is 5. The van der Waals surface area contributed by atoms with Gasteiger partial charge >= 0.3 is 0 Å². The molecule has 5 heteroatoms. The highest BCUT2D eigenvalue weighted by molar-refractivity contribution is 5.96. The fourth-order valence-corrected chi connectivity index (χ4v) is 2.77. The van der Waals surface area contributed by atoms with Crippen molar-refractivity contribution in [2.75, 3.05) is 6.54 Å². The van der Waals surface area contributed by atoms with Crippen LogP contribution in [0.25, 0.3) is 11.5 Å². The number of aromatic nitrogens is 1. The molecule has 3 aromatic rings. The SMILES string of the molecule is Cc1ccc(-c2nc(CCNC(=O)c3c(C)oc(C)c3C)co2)cc1. The van der Waals surface area contributed by atoms with Gasteiger partial charge in [-0.3, -0.25) is 4.79 Å². The molecule has 0 aliphatic heterocycles. The standard InChI is InChI=1S/C20H22N2O3/c1-12-5-7-16(8-6-12)20-22-17(11-24-20)9-10-21-19(23)18-13(2)14(3)25-15(18)4/h5-8,11H,9-10H2,1-4H3,(H,21,23). The molecule has 2 heterocycles. The maximum absolute atomic E-state index is 12.3. The lowest BCUT2D eigenvalue weighted by Gasteiger charge is -2.04. The lowest BCUT2D eigenvalue weighted by atomic mass is 10.1. The van der Waals surface area contributed by atoms with Crippen LogP contribution < -0.4 is 5.32 Å².